The normalized spacial score (nSPS) is 11.4. The van der Waals surface area contributed by atoms with Crippen molar-refractivity contribution >= 4 is 17.2 Å². The Morgan fingerprint density at radius 3 is 2.65 bits per heavy atom. The summed E-state index contributed by atoms with van der Waals surface area (Å²) in [6.07, 6.45) is 0. The average molecular weight is 273 g/mol. The van der Waals surface area contributed by atoms with Crippen molar-refractivity contribution in [3.8, 4) is 0 Å². The molecule has 0 spiro atoms. The fourth-order valence-corrected chi connectivity index (χ4v) is 2.12. The van der Waals surface area contributed by atoms with Crippen molar-refractivity contribution < 1.29 is 9.60 Å². The van der Waals surface area contributed by atoms with Crippen molar-refractivity contribution in [2.75, 3.05) is 11.4 Å². The van der Waals surface area contributed by atoms with Gasteiger partial charge in [0.05, 0.1) is 5.69 Å². The summed E-state index contributed by atoms with van der Waals surface area (Å²) in [7, 11) is 0. The van der Waals surface area contributed by atoms with Gasteiger partial charge in [0.15, 0.2) is 5.84 Å². The van der Waals surface area contributed by atoms with Crippen LogP contribution in [-0.2, 0) is 0 Å². The molecule has 0 amide bonds. The number of halogens is 1. The summed E-state index contributed by atoms with van der Waals surface area (Å²) >= 11 is 0. The number of amidine groups is 1. The quantitative estimate of drug-likeness (QED) is 0.389. The summed E-state index contributed by atoms with van der Waals surface area (Å²) in [4.78, 5) is 1.90. The van der Waals surface area contributed by atoms with E-state index >= 15 is 0 Å². The van der Waals surface area contributed by atoms with E-state index in [2.05, 4.69) is 5.16 Å². The topological polar surface area (TPSA) is 61.8 Å². The molecule has 0 unspecified atom stereocenters. The molecule has 2 rings (SSSR count). The Morgan fingerprint density at radius 1 is 1.25 bits per heavy atom. The Kier molecular flexibility index (Phi) is 4.20. The zero-order chi connectivity index (χ0) is 14.5. The first-order chi connectivity index (χ1) is 9.67. The molecule has 2 aromatic carbocycles. The van der Waals surface area contributed by atoms with Crippen molar-refractivity contribution in [2.45, 2.75) is 6.92 Å². The van der Waals surface area contributed by atoms with Crippen LogP contribution in [0.4, 0.5) is 15.8 Å². The standard InChI is InChI=1S/C15H16FN3O/c1-2-19(12-7-5-6-11(16)10-12)14-9-4-3-8-13(14)15(17)18-20/h3-10,20H,2H2,1H3,(H2,17,18). The highest BCUT2D eigenvalue weighted by molar-refractivity contribution is 6.02. The van der Waals surface area contributed by atoms with Gasteiger partial charge in [0.2, 0.25) is 0 Å². The van der Waals surface area contributed by atoms with Gasteiger partial charge in [-0.1, -0.05) is 23.4 Å². The number of rotatable bonds is 4. The number of oxime groups is 1. The Bertz CT molecular complexity index is 628. The molecule has 0 atom stereocenters. The first kappa shape index (κ1) is 13.9. The van der Waals surface area contributed by atoms with Gasteiger partial charge >= 0.3 is 0 Å². The Morgan fingerprint density at radius 2 is 2.00 bits per heavy atom. The molecule has 0 aromatic heterocycles. The van der Waals surface area contributed by atoms with Gasteiger partial charge in [-0.3, -0.25) is 0 Å². The lowest BCUT2D eigenvalue weighted by atomic mass is 10.1. The minimum Gasteiger partial charge on any atom is -0.409 e. The summed E-state index contributed by atoms with van der Waals surface area (Å²) < 4.78 is 13.4. The van der Waals surface area contributed by atoms with Crippen LogP contribution in [0.25, 0.3) is 0 Å². The molecule has 0 aliphatic rings. The van der Waals surface area contributed by atoms with E-state index < -0.39 is 0 Å². The molecule has 2 aromatic rings. The fourth-order valence-electron chi connectivity index (χ4n) is 2.12. The maximum absolute atomic E-state index is 13.4. The van der Waals surface area contributed by atoms with Crippen LogP contribution in [0.2, 0.25) is 0 Å². The summed E-state index contributed by atoms with van der Waals surface area (Å²) in [6.45, 7) is 2.58. The molecular weight excluding hydrogens is 257 g/mol. The first-order valence-electron chi connectivity index (χ1n) is 6.27. The zero-order valence-corrected chi connectivity index (χ0v) is 11.1. The monoisotopic (exact) mass is 273 g/mol. The van der Waals surface area contributed by atoms with Gasteiger partial charge in [0.1, 0.15) is 5.82 Å². The molecule has 20 heavy (non-hydrogen) atoms. The van der Waals surface area contributed by atoms with Crippen molar-refractivity contribution in [2.24, 2.45) is 10.9 Å². The van der Waals surface area contributed by atoms with Crippen molar-refractivity contribution in [1.82, 2.24) is 0 Å². The summed E-state index contributed by atoms with van der Waals surface area (Å²) in [5.41, 5.74) is 7.77. The van der Waals surface area contributed by atoms with E-state index in [1.807, 2.05) is 30.0 Å². The van der Waals surface area contributed by atoms with Crippen LogP contribution >= 0.6 is 0 Å². The van der Waals surface area contributed by atoms with Gasteiger partial charge in [-0.2, -0.15) is 0 Å². The Balaban J connectivity index is 2.53. The van der Waals surface area contributed by atoms with E-state index in [9.17, 15) is 4.39 Å². The van der Waals surface area contributed by atoms with E-state index in [0.29, 0.717) is 17.8 Å². The van der Waals surface area contributed by atoms with Crippen LogP contribution in [0.3, 0.4) is 0 Å². The minimum atomic E-state index is -0.303. The van der Waals surface area contributed by atoms with Gasteiger partial charge in [-0.25, -0.2) is 4.39 Å². The highest BCUT2D eigenvalue weighted by Gasteiger charge is 2.14. The number of hydrogen-bond donors (Lipinski definition) is 2. The van der Waals surface area contributed by atoms with E-state index in [0.717, 1.165) is 5.69 Å². The molecule has 0 saturated heterocycles. The van der Waals surface area contributed by atoms with E-state index in [4.69, 9.17) is 10.9 Å². The molecule has 0 radical (unpaired) electrons. The first-order valence-corrected chi connectivity index (χ1v) is 6.27. The number of para-hydroxylation sites is 1. The molecule has 4 nitrogen and oxygen atoms in total. The highest BCUT2D eigenvalue weighted by Crippen LogP contribution is 2.28. The van der Waals surface area contributed by atoms with Crippen LogP contribution in [0.1, 0.15) is 12.5 Å². The van der Waals surface area contributed by atoms with Crippen LogP contribution in [-0.4, -0.2) is 17.6 Å². The maximum Gasteiger partial charge on any atom is 0.172 e. The Hall–Kier alpha value is -2.56. The van der Waals surface area contributed by atoms with Crippen LogP contribution in [0.5, 0.6) is 0 Å². The SMILES string of the molecule is CCN(c1cccc(F)c1)c1ccccc1C(N)=NO. The summed E-state index contributed by atoms with van der Waals surface area (Å²) in [5.74, 6) is -0.280. The van der Waals surface area contributed by atoms with Gasteiger partial charge in [-0.05, 0) is 37.3 Å². The lowest BCUT2D eigenvalue weighted by Gasteiger charge is -2.25. The number of anilines is 2. The second kappa shape index (κ2) is 6.06. The molecule has 0 saturated carbocycles. The predicted octanol–water partition coefficient (Wildman–Crippen LogP) is 3.08. The second-order valence-corrected chi connectivity index (χ2v) is 4.23. The van der Waals surface area contributed by atoms with Crippen molar-refractivity contribution in [3.05, 3.63) is 59.9 Å². The molecule has 104 valence electrons. The molecule has 0 aliphatic carbocycles. The third-order valence-corrected chi connectivity index (χ3v) is 3.01. The summed E-state index contributed by atoms with van der Waals surface area (Å²) in [6, 6.07) is 13.6. The molecular formula is C15H16FN3O. The number of hydrogen-bond acceptors (Lipinski definition) is 3. The van der Waals surface area contributed by atoms with Crippen LogP contribution in [0, 0.1) is 5.82 Å². The maximum atomic E-state index is 13.4. The third-order valence-electron chi connectivity index (χ3n) is 3.01. The lowest BCUT2D eigenvalue weighted by Crippen LogP contribution is -2.22. The number of benzene rings is 2. The predicted molar refractivity (Wildman–Crippen MR) is 78.0 cm³/mol. The van der Waals surface area contributed by atoms with Crippen LogP contribution in [0.15, 0.2) is 53.7 Å². The van der Waals surface area contributed by atoms with E-state index in [1.54, 1.807) is 18.2 Å². The second-order valence-electron chi connectivity index (χ2n) is 4.23. The highest BCUT2D eigenvalue weighted by atomic mass is 19.1. The Labute approximate surface area is 116 Å². The zero-order valence-electron chi connectivity index (χ0n) is 11.1. The molecule has 0 bridgehead atoms. The van der Waals surface area contributed by atoms with Gasteiger partial charge in [-0.15, -0.1) is 0 Å². The average Bonchev–Trinajstić information content (AvgIpc) is 2.48. The largest absolute Gasteiger partial charge is 0.409 e. The molecule has 0 heterocycles. The van der Waals surface area contributed by atoms with Gasteiger partial charge in [0, 0.05) is 17.8 Å². The molecule has 0 fully saturated rings. The molecule has 0 aliphatic heterocycles. The van der Waals surface area contributed by atoms with Gasteiger partial charge < -0.3 is 15.8 Å². The van der Waals surface area contributed by atoms with Crippen LogP contribution < -0.4 is 10.6 Å². The third kappa shape index (κ3) is 2.71. The molecule has 5 heteroatoms. The van der Waals surface area contributed by atoms with E-state index in [-0.39, 0.29) is 11.7 Å². The van der Waals surface area contributed by atoms with E-state index in [1.165, 1.54) is 12.1 Å². The number of nitrogens with zero attached hydrogens (tertiary/aromatic N) is 2. The summed E-state index contributed by atoms with van der Waals surface area (Å²) in [5, 5.41) is 11.9. The van der Waals surface area contributed by atoms with Crippen molar-refractivity contribution in [3.63, 3.8) is 0 Å². The van der Waals surface area contributed by atoms with Gasteiger partial charge in [0.25, 0.3) is 0 Å². The lowest BCUT2D eigenvalue weighted by molar-refractivity contribution is 0.318. The number of nitrogens with two attached hydrogens (primary N) is 1. The molecule has 3 N–H and O–H groups in total. The van der Waals surface area contributed by atoms with Crippen molar-refractivity contribution in [1.29, 1.82) is 0 Å². The minimum absolute atomic E-state index is 0.0236. The fraction of sp³-hybridized carbons (Fsp3) is 0.133. The smallest absolute Gasteiger partial charge is 0.172 e.